The Labute approximate surface area is 175 Å². The number of halogens is 2. The van der Waals surface area contributed by atoms with Crippen molar-refractivity contribution < 1.29 is 23.0 Å². The molecule has 2 fully saturated rings. The molecule has 0 aromatic carbocycles. The first-order valence-corrected chi connectivity index (χ1v) is 11.7. The summed E-state index contributed by atoms with van der Waals surface area (Å²) in [4.78, 5) is 0. The second kappa shape index (κ2) is 12.6. The number of ether oxygens (including phenoxy) is 3. The molecule has 3 aliphatic rings. The highest BCUT2D eigenvalue weighted by atomic mass is 19.2. The first-order chi connectivity index (χ1) is 14.1. The van der Waals surface area contributed by atoms with Crippen LogP contribution >= 0.6 is 0 Å². The lowest BCUT2D eigenvalue weighted by molar-refractivity contribution is -0.0613. The summed E-state index contributed by atoms with van der Waals surface area (Å²) in [6.07, 6.45) is 10.6. The molecule has 1 saturated heterocycles. The molecule has 1 aliphatic heterocycles. The Kier molecular flexibility index (Phi) is 10.5. The number of allylic oxidation sites excluding steroid dienone is 4. The molecular formula is C24H40F2O3. The van der Waals surface area contributed by atoms with Gasteiger partial charge in [0.05, 0.1) is 19.8 Å². The van der Waals surface area contributed by atoms with Crippen molar-refractivity contribution in [2.45, 2.75) is 91.1 Å². The molecule has 0 bridgehead atoms. The highest BCUT2D eigenvalue weighted by molar-refractivity contribution is 5.29. The molecule has 29 heavy (non-hydrogen) atoms. The van der Waals surface area contributed by atoms with E-state index in [0.717, 1.165) is 38.2 Å². The highest BCUT2D eigenvalue weighted by Gasteiger charge is 2.32. The van der Waals surface area contributed by atoms with Crippen LogP contribution in [0.4, 0.5) is 8.78 Å². The molecule has 0 aromatic heterocycles. The van der Waals surface area contributed by atoms with Crippen LogP contribution < -0.4 is 0 Å². The van der Waals surface area contributed by atoms with Crippen LogP contribution in [-0.2, 0) is 14.2 Å². The standard InChI is InChI=1S/C22H34F2O3.C2H6/c1-3-4-15-7-10-18(26-13-15)17-8-5-16(6-9-17)14-27-20-12-11-19(25-2)21(23)22(20)24;1-2/h15-18H,3-14H2,1-2H3;1-2H3. The fraction of sp³-hybridized carbons (Fsp3) is 0.833. The van der Waals surface area contributed by atoms with Gasteiger partial charge in [0.1, 0.15) is 11.5 Å². The Balaban J connectivity index is 0.00000145. The van der Waals surface area contributed by atoms with E-state index in [-0.39, 0.29) is 11.5 Å². The lowest BCUT2D eigenvalue weighted by Crippen LogP contribution is -2.34. The second-order valence-electron chi connectivity index (χ2n) is 8.37. The fourth-order valence-corrected chi connectivity index (χ4v) is 4.80. The maximum absolute atomic E-state index is 14.0. The van der Waals surface area contributed by atoms with Crippen LogP contribution in [0.2, 0.25) is 0 Å². The predicted octanol–water partition coefficient (Wildman–Crippen LogP) is 7.23. The SMILES string of the molecule is CC.CCCC1CCC(C2CCC(COC3=C(F)C(F)=C(OC)CC3)CC2)OC1. The van der Waals surface area contributed by atoms with Crippen molar-refractivity contribution in [2.75, 3.05) is 20.3 Å². The third kappa shape index (κ3) is 6.70. The summed E-state index contributed by atoms with van der Waals surface area (Å²) in [6, 6.07) is 0. The van der Waals surface area contributed by atoms with E-state index in [2.05, 4.69) is 6.92 Å². The van der Waals surface area contributed by atoms with Gasteiger partial charge in [-0.15, -0.1) is 0 Å². The number of hydrogen-bond donors (Lipinski definition) is 0. The third-order valence-electron chi connectivity index (χ3n) is 6.52. The normalized spacial score (nSPS) is 30.6. The maximum Gasteiger partial charge on any atom is 0.199 e. The minimum atomic E-state index is -0.904. The third-order valence-corrected chi connectivity index (χ3v) is 6.52. The topological polar surface area (TPSA) is 27.7 Å². The van der Waals surface area contributed by atoms with E-state index in [9.17, 15) is 8.78 Å². The first kappa shape index (κ1) is 24.2. The van der Waals surface area contributed by atoms with Crippen molar-refractivity contribution in [3.8, 4) is 0 Å². The Morgan fingerprint density at radius 1 is 0.897 bits per heavy atom. The van der Waals surface area contributed by atoms with Gasteiger partial charge in [-0.05, 0) is 62.7 Å². The monoisotopic (exact) mass is 414 g/mol. The van der Waals surface area contributed by atoms with Crippen LogP contribution in [0.3, 0.4) is 0 Å². The summed E-state index contributed by atoms with van der Waals surface area (Å²) in [7, 11) is 1.37. The second-order valence-corrected chi connectivity index (χ2v) is 8.37. The lowest BCUT2D eigenvalue weighted by atomic mass is 9.77. The molecule has 0 N–H and O–H groups in total. The van der Waals surface area contributed by atoms with Gasteiger partial charge in [-0.25, -0.2) is 0 Å². The van der Waals surface area contributed by atoms with Crippen LogP contribution in [0.25, 0.3) is 0 Å². The average Bonchev–Trinajstić information content (AvgIpc) is 2.77. The van der Waals surface area contributed by atoms with Gasteiger partial charge >= 0.3 is 0 Å². The van der Waals surface area contributed by atoms with E-state index in [1.807, 2.05) is 13.8 Å². The van der Waals surface area contributed by atoms with E-state index >= 15 is 0 Å². The fourth-order valence-electron chi connectivity index (χ4n) is 4.80. The zero-order valence-corrected chi connectivity index (χ0v) is 18.8. The summed E-state index contributed by atoms with van der Waals surface area (Å²) >= 11 is 0. The highest BCUT2D eigenvalue weighted by Crippen LogP contribution is 2.38. The van der Waals surface area contributed by atoms with Gasteiger partial charge in [0.25, 0.3) is 0 Å². The van der Waals surface area contributed by atoms with Gasteiger partial charge in [-0.2, -0.15) is 8.78 Å². The molecule has 5 heteroatoms. The van der Waals surface area contributed by atoms with Crippen molar-refractivity contribution in [1.29, 1.82) is 0 Å². The molecule has 2 aliphatic carbocycles. The zero-order valence-electron chi connectivity index (χ0n) is 18.8. The van der Waals surface area contributed by atoms with E-state index in [4.69, 9.17) is 14.2 Å². The molecule has 3 rings (SSSR count). The molecular weight excluding hydrogens is 374 g/mol. The van der Waals surface area contributed by atoms with Crippen molar-refractivity contribution in [1.82, 2.24) is 0 Å². The smallest absolute Gasteiger partial charge is 0.199 e. The van der Waals surface area contributed by atoms with E-state index in [1.165, 1.54) is 32.8 Å². The summed E-state index contributed by atoms with van der Waals surface area (Å²) in [5.41, 5.74) is 0. The van der Waals surface area contributed by atoms with Crippen molar-refractivity contribution >= 4 is 0 Å². The maximum atomic E-state index is 14.0. The lowest BCUT2D eigenvalue weighted by Gasteiger charge is -2.37. The Morgan fingerprint density at radius 3 is 2.10 bits per heavy atom. The Hall–Kier alpha value is -1.10. The molecule has 2 atom stereocenters. The average molecular weight is 415 g/mol. The molecule has 3 nitrogen and oxygen atoms in total. The molecule has 0 aromatic rings. The van der Waals surface area contributed by atoms with Crippen molar-refractivity contribution in [3.05, 3.63) is 23.2 Å². The van der Waals surface area contributed by atoms with Gasteiger partial charge in [0, 0.05) is 19.4 Å². The number of rotatable bonds is 7. The Bertz CT molecular complexity index is 542. The summed E-state index contributed by atoms with van der Waals surface area (Å²) in [5.74, 6) is 0.264. The predicted molar refractivity (Wildman–Crippen MR) is 113 cm³/mol. The first-order valence-electron chi connectivity index (χ1n) is 11.7. The van der Waals surface area contributed by atoms with Crippen LogP contribution in [0, 0.1) is 17.8 Å². The molecule has 2 unspecified atom stereocenters. The summed E-state index contributed by atoms with van der Waals surface area (Å²) < 4.78 is 44.6. The Morgan fingerprint density at radius 2 is 1.52 bits per heavy atom. The number of hydrogen-bond acceptors (Lipinski definition) is 3. The molecule has 1 saturated carbocycles. The minimum Gasteiger partial charge on any atom is -0.498 e. The molecule has 1 heterocycles. The van der Waals surface area contributed by atoms with Gasteiger partial charge in [-0.1, -0.05) is 27.2 Å². The van der Waals surface area contributed by atoms with Gasteiger partial charge in [-0.3, -0.25) is 0 Å². The van der Waals surface area contributed by atoms with E-state index in [1.54, 1.807) is 0 Å². The van der Waals surface area contributed by atoms with Crippen LogP contribution in [-0.4, -0.2) is 26.4 Å². The molecule has 0 amide bonds. The summed E-state index contributed by atoms with van der Waals surface area (Å²) in [6.45, 7) is 7.65. The van der Waals surface area contributed by atoms with Gasteiger partial charge in [0.2, 0.25) is 0 Å². The number of methoxy groups -OCH3 is 1. The molecule has 0 spiro atoms. The van der Waals surface area contributed by atoms with Crippen LogP contribution in [0.1, 0.15) is 85.0 Å². The van der Waals surface area contributed by atoms with Gasteiger partial charge < -0.3 is 14.2 Å². The molecule has 168 valence electrons. The van der Waals surface area contributed by atoms with Crippen LogP contribution in [0.15, 0.2) is 23.2 Å². The van der Waals surface area contributed by atoms with E-state index in [0.29, 0.717) is 37.4 Å². The summed E-state index contributed by atoms with van der Waals surface area (Å²) in [5, 5.41) is 0. The van der Waals surface area contributed by atoms with Crippen LogP contribution in [0.5, 0.6) is 0 Å². The largest absolute Gasteiger partial charge is 0.498 e. The quantitative estimate of drug-likeness (QED) is 0.440. The molecule has 0 radical (unpaired) electrons. The van der Waals surface area contributed by atoms with Crippen molar-refractivity contribution in [3.63, 3.8) is 0 Å². The minimum absolute atomic E-state index is 0.0778. The van der Waals surface area contributed by atoms with Crippen molar-refractivity contribution in [2.24, 2.45) is 17.8 Å². The van der Waals surface area contributed by atoms with E-state index < -0.39 is 11.7 Å². The zero-order chi connectivity index (χ0) is 21.2. The van der Waals surface area contributed by atoms with Gasteiger partial charge in [0.15, 0.2) is 11.7 Å².